The van der Waals surface area contributed by atoms with Gasteiger partial charge in [0.05, 0.1) is 17.9 Å². The van der Waals surface area contributed by atoms with Crippen LogP contribution in [0.4, 0.5) is 11.4 Å². The first kappa shape index (κ1) is 12.9. The zero-order chi connectivity index (χ0) is 13.9. The van der Waals surface area contributed by atoms with Gasteiger partial charge in [-0.1, -0.05) is 18.2 Å². The fourth-order valence-electron chi connectivity index (χ4n) is 2.83. The molecule has 1 aromatic carbocycles. The monoisotopic (exact) mass is 268 g/mol. The number of anilines is 2. The molecule has 1 aromatic heterocycles. The van der Waals surface area contributed by atoms with Crippen molar-refractivity contribution >= 4 is 11.4 Å². The van der Waals surface area contributed by atoms with Crippen molar-refractivity contribution < 1.29 is 0 Å². The van der Waals surface area contributed by atoms with Crippen molar-refractivity contribution in [3.63, 3.8) is 0 Å². The third-order valence-corrected chi connectivity index (χ3v) is 3.98. The number of hydrazine groups is 1. The van der Waals surface area contributed by atoms with Crippen LogP contribution in [-0.2, 0) is 13.0 Å². The van der Waals surface area contributed by atoms with Crippen LogP contribution in [0.15, 0.2) is 42.6 Å². The quantitative estimate of drug-likeness (QED) is 0.664. The molecule has 3 N–H and O–H groups in total. The van der Waals surface area contributed by atoms with Gasteiger partial charge in [0.15, 0.2) is 0 Å². The maximum absolute atomic E-state index is 5.46. The molecule has 2 aromatic rings. The smallest absolute Gasteiger partial charge is 0.0618 e. The molecule has 0 aliphatic carbocycles. The molecule has 1 aliphatic heterocycles. The van der Waals surface area contributed by atoms with Gasteiger partial charge in [0.2, 0.25) is 0 Å². The number of hydrogen-bond donors (Lipinski definition) is 2. The van der Waals surface area contributed by atoms with Gasteiger partial charge in [-0.15, -0.1) is 0 Å². The van der Waals surface area contributed by atoms with Gasteiger partial charge in [-0.25, -0.2) is 0 Å². The lowest BCUT2D eigenvalue weighted by atomic mass is 9.96. The van der Waals surface area contributed by atoms with Crippen LogP contribution < -0.4 is 16.2 Å². The summed E-state index contributed by atoms with van der Waals surface area (Å²) in [6.07, 6.45) is 4.14. The largest absolute Gasteiger partial charge is 0.363 e. The fraction of sp³-hybridized carbons (Fsp3) is 0.312. The number of fused-ring (bicyclic) bond motifs is 1. The summed E-state index contributed by atoms with van der Waals surface area (Å²) < 4.78 is 0. The van der Waals surface area contributed by atoms with E-state index in [1.807, 2.05) is 12.1 Å². The van der Waals surface area contributed by atoms with E-state index in [1.165, 1.54) is 17.7 Å². The Morgan fingerprint density at radius 1 is 1.35 bits per heavy atom. The molecule has 20 heavy (non-hydrogen) atoms. The van der Waals surface area contributed by atoms with E-state index in [1.54, 1.807) is 6.20 Å². The van der Waals surface area contributed by atoms with E-state index in [9.17, 15) is 0 Å². The van der Waals surface area contributed by atoms with Crippen LogP contribution in [-0.4, -0.2) is 11.0 Å². The molecule has 1 unspecified atom stereocenters. The highest BCUT2D eigenvalue weighted by Gasteiger charge is 2.22. The number of nitrogens with two attached hydrogens (primary N) is 1. The van der Waals surface area contributed by atoms with Crippen molar-refractivity contribution in [2.24, 2.45) is 5.84 Å². The van der Waals surface area contributed by atoms with Gasteiger partial charge in [-0.2, -0.15) is 0 Å². The Morgan fingerprint density at radius 3 is 3.05 bits per heavy atom. The number of nitrogen functional groups attached to an aromatic ring is 1. The highest BCUT2D eigenvalue weighted by Crippen LogP contribution is 2.31. The molecule has 0 amide bonds. The second-order valence-electron chi connectivity index (χ2n) is 5.32. The summed E-state index contributed by atoms with van der Waals surface area (Å²) in [6, 6.07) is 13.1. The Kier molecular flexibility index (Phi) is 3.56. The third kappa shape index (κ3) is 2.47. The number of rotatable bonds is 3. The number of aromatic nitrogens is 1. The maximum atomic E-state index is 5.46. The van der Waals surface area contributed by atoms with E-state index in [0.29, 0.717) is 6.04 Å². The summed E-state index contributed by atoms with van der Waals surface area (Å²) in [6.45, 7) is 3.09. The van der Waals surface area contributed by atoms with Crippen molar-refractivity contribution in [1.82, 2.24) is 4.98 Å². The van der Waals surface area contributed by atoms with E-state index >= 15 is 0 Å². The standard InChI is InChI=1S/C16H20N4/c1-12-6-7-13-4-2-3-5-16(13)20(12)11-15-10-14(19-17)8-9-18-15/h2-5,8-10,12H,6-7,11,17H2,1H3,(H,18,19). The normalized spacial score (nSPS) is 17.7. The third-order valence-electron chi connectivity index (χ3n) is 3.98. The second-order valence-corrected chi connectivity index (χ2v) is 5.32. The summed E-state index contributed by atoms with van der Waals surface area (Å²) in [5.74, 6) is 5.46. The Labute approximate surface area is 119 Å². The minimum absolute atomic E-state index is 0.529. The molecule has 2 heterocycles. The molecule has 0 bridgehead atoms. The topological polar surface area (TPSA) is 54.2 Å². The van der Waals surface area contributed by atoms with E-state index in [4.69, 9.17) is 5.84 Å². The van der Waals surface area contributed by atoms with Crippen molar-refractivity contribution in [3.05, 3.63) is 53.9 Å². The van der Waals surface area contributed by atoms with Crippen molar-refractivity contribution in [2.45, 2.75) is 32.4 Å². The molecule has 104 valence electrons. The van der Waals surface area contributed by atoms with E-state index in [0.717, 1.165) is 24.3 Å². The average molecular weight is 268 g/mol. The summed E-state index contributed by atoms with van der Waals surface area (Å²) in [5, 5.41) is 0. The maximum Gasteiger partial charge on any atom is 0.0618 e. The highest BCUT2D eigenvalue weighted by atomic mass is 15.2. The minimum Gasteiger partial charge on any atom is -0.363 e. The molecule has 0 saturated carbocycles. The molecule has 0 saturated heterocycles. The lowest BCUT2D eigenvalue weighted by Gasteiger charge is -2.37. The predicted molar refractivity (Wildman–Crippen MR) is 82.5 cm³/mol. The first-order valence-corrected chi connectivity index (χ1v) is 7.04. The van der Waals surface area contributed by atoms with Gasteiger partial charge >= 0.3 is 0 Å². The molecule has 3 rings (SSSR count). The van der Waals surface area contributed by atoms with Crippen LogP contribution in [0, 0.1) is 0 Å². The molecule has 4 nitrogen and oxygen atoms in total. The van der Waals surface area contributed by atoms with Gasteiger partial charge in [-0.3, -0.25) is 10.8 Å². The van der Waals surface area contributed by atoms with Crippen molar-refractivity contribution in [2.75, 3.05) is 10.3 Å². The number of pyridine rings is 1. The molecule has 0 radical (unpaired) electrons. The number of para-hydroxylation sites is 1. The minimum atomic E-state index is 0.529. The van der Waals surface area contributed by atoms with Gasteiger partial charge < -0.3 is 10.3 Å². The zero-order valence-corrected chi connectivity index (χ0v) is 11.7. The summed E-state index contributed by atoms with van der Waals surface area (Å²) >= 11 is 0. The SMILES string of the molecule is CC1CCc2ccccc2N1Cc1cc(NN)ccn1. The Bertz CT molecular complexity index is 597. The average Bonchev–Trinajstić information content (AvgIpc) is 2.50. The summed E-state index contributed by atoms with van der Waals surface area (Å²) in [5.41, 5.74) is 7.37. The van der Waals surface area contributed by atoms with E-state index in [2.05, 4.69) is 46.5 Å². The second kappa shape index (κ2) is 5.51. The molecule has 1 aliphatic rings. The first-order valence-electron chi connectivity index (χ1n) is 7.04. The number of nitrogens with zero attached hydrogens (tertiary/aromatic N) is 2. The van der Waals surface area contributed by atoms with Crippen LogP contribution in [0.2, 0.25) is 0 Å². The number of benzene rings is 1. The molecule has 1 atom stereocenters. The lowest BCUT2D eigenvalue weighted by molar-refractivity contribution is 0.556. The summed E-state index contributed by atoms with van der Waals surface area (Å²) in [4.78, 5) is 6.88. The van der Waals surface area contributed by atoms with Crippen LogP contribution in [0.25, 0.3) is 0 Å². The lowest BCUT2D eigenvalue weighted by Crippen LogP contribution is -2.36. The Balaban J connectivity index is 1.89. The van der Waals surface area contributed by atoms with Gasteiger partial charge in [0, 0.05) is 17.9 Å². The molecular formula is C16H20N4. The number of hydrogen-bond acceptors (Lipinski definition) is 4. The zero-order valence-electron chi connectivity index (χ0n) is 11.7. The number of aryl methyl sites for hydroxylation is 1. The van der Waals surface area contributed by atoms with Crippen LogP contribution >= 0.6 is 0 Å². The van der Waals surface area contributed by atoms with Crippen LogP contribution in [0.3, 0.4) is 0 Å². The highest BCUT2D eigenvalue weighted by molar-refractivity contribution is 5.56. The molecule has 0 fully saturated rings. The number of nitrogens with one attached hydrogen (secondary N) is 1. The van der Waals surface area contributed by atoms with Gasteiger partial charge in [-0.05, 0) is 43.5 Å². The van der Waals surface area contributed by atoms with Gasteiger partial charge in [0.1, 0.15) is 0 Å². The van der Waals surface area contributed by atoms with Crippen molar-refractivity contribution in [3.8, 4) is 0 Å². The van der Waals surface area contributed by atoms with Crippen LogP contribution in [0.5, 0.6) is 0 Å². The molecule has 4 heteroatoms. The molecule has 0 spiro atoms. The predicted octanol–water partition coefficient (Wildman–Crippen LogP) is 2.71. The van der Waals surface area contributed by atoms with E-state index in [-0.39, 0.29) is 0 Å². The van der Waals surface area contributed by atoms with Crippen LogP contribution in [0.1, 0.15) is 24.6 Å². The van der Waals surface area contributed by atoms with Gasteiger partial charge in [0.25, 0.3) is 0 Å². The van der Waals surface area contributed by atoms with Crippen molar-refractivity contribution in [1.29, 1.82) is 0 Å². The molecular weight excluding hydrogens is 248 g/mol. The Morgan fingerprint density at radius 2 is 2.20 bits per heavy atom. The first-order chi connectivity index (χ1) is 9.78. The Hall–Kier alpha value is -2.07. The summed E-state index contributed by atoms with van der Waals surface area (Å²) in [7, 11) is 0. The van der Waals surface area contributed by atoms with E-state index < -0.39 is 0 Å². The fourth-order valence-corrected chi connectivity index (χ4v) is 2.83.